The average Bonchev–Trinajstić information content (AvgIpc) is 3.02. The Bertz CT molecular complexity index is 1400. The molecule has 236 valence electrons. The summed E-state index contributed by atoms with van der Waals surface area (Å²) in [5, 5.41) is 0. The molecule has 1 fully saturated rings. The van der Waals surface area contributed by atoms with Crippen molar-refractivity contribution in [1.82, 2.24) is 9.80 Å². The fraction of sp³-hybridized carbons (Fsp3) is 0.444. The van der Waals surface area contributed by atoms with Gasteiger partial charge in [-0.05, 0) is 93.2 Å². The monoisotopic (exact) mass is 600 g/mol. The topological polar surface area (TPSA) is 65.6 Å². The van der Waals surface area contributed by atoms with Gasteiger partial charge in [-0.15, -0.1) is 0 Å². The van der Waals surface area contributed by atoms with E-state index in [0.717, 1.165) is 73.7 Å². The highest BCUT2D eigenvalue weighted by Crippen LogP contribution is 2.31. The largest absolute Gasteiger partial charge is 0.491 e. The zero-order valence-electron chi connectivity index (χ0n) is 27.3. The quantitative estimate of drug-likeness (QED) is 0.226. The summed E-state index contributed by atoms with van der Waals surface area (Å²) in [4.78, 5) is 33.9. The molecule has 0 atom stereocenters. The van der Waals surface area contributed by atoms with Gasteiger partial charge in [0.1, 0.15) is 18.1 Å². The van der Waals surface area contributed by atoms with Crippen LogP contribution in [0.3, 0.4) is 0 Å². The molecule has 0 radical (unpaired) electrons. The van der Waals surface area contributed by atoms with E-state index in [9.17, 15) is 9.59 Å². The van der Waals surface area contributed by atoms with Crippen LogP contribution in [0.5, 0.6) is 11.5 Å². The fourth-order valence-electron chi connectivity index (χ4n) is 5.27. The summed E-state index contributed by atoms with van der Waals surface area (Å²) in [5.74, 6) is 1.66. The van der Waals surface area contributed by atoms with E-state index >= 15 is 0 Å². The molecule has 8 heteroatoms. The van der Waals surface area contributed by atoms with Crippen LogP contribution in [0.2, 0.25) is 0 Å². The zero-order chi connectivity index (χ0) is 31.6. The standard InChI is InChI=1S/C36H48N4O4/c1-27-12-18-33(32(24-27)37(3)4)44-26-29-13-15-30(16-14-29)36(42)39(6)31-17-11-28(2)25-34(31)43-23-9-7-8-10-35(41)40-21-19-38(5)20-22-40/h11-18,24-25H,7-10,19-23,26H2,1-6H3. The van der Waals surface area contributed by atoms with Crippen LogP contribution in [-0.2, 0) is 11.4 Å². The van der Waals surface area contributed by atoms with E-state index in [4.69, 9.17) is 9.47 Å². The molecule has 8 nitrogen and oxygen atoms in total. The van der Waals surface area contributed by atoms with Crippen molar-refractivity contribution < 1.29 is 19.1 Å². The summed E-state index contributed by atoms with van der Waals surface area (Å²) < 4.78 is 12.3. The Kier molecular flexibility index (Phi) is 11.7. The van der Waals surface area contributed by atoms with Gasteiger partial charge >= 0.3 is 0 Å². The molecule has 3 aromatic rings. The normalized spacial score (nSPS) is 13.5. The highest BCUT2D eigenvalue weighted by Gasteiger charge is 2.19. The minimum atomic E-state index is -0.109. The number of likely N-dealkylation sites (N-methyl/N-ethyl adjacent to an activating group) is 1. The van der Waals surface area contributed by atoms with Crippen molar-refractivity contribution in [1.29, 1.82) is 0 Å². The number of piperazine rings is 1. The lowest BCUT2D eigenvalue weighted by molar-refractivity contribution is -0.132. The van der Waals surface area contributed by atoms with Crippen molar-refractivity contribution in [3.63, 3.8) is 0 Å². The third-order valence-electron chi connectivity index (χ3n) is 8.12. The van der Waals surface area contributed by atoms with E-state index in [1.807, 2.05) is 85.4 Å². The number of amides is 2. The fourth-order valence-corrected chi connectivity index (χ4v) is 5.27. The van der Waals surface area contributed by atoms with Crippen LogP contribution >= 0.6 is 0 Å². The lowest BCUT2D eigenvalue weighted by Crippen LogP contribution is -2.47. The number of carbonyl (C=O) groups is 2. The molecule has 3 aromatic carbocycles. The van der Waals surface area contributed by atoms with E-state index in [1.165, 1.54) is 5.56 Å². The van der Waals surface area contributed by atoms with Gasteiger partial charge in [0.05, 0.1) is 18.0 Å². The van der Waals surface area contributed by atoms with E-state index in [-0.39, 0.29) is 11.8 Å². The maximum Gasteiger partial charge on any atom is 0.258 e. The first-order valence-corrected chi connectivity index (χ1v) is 15.6. The van der Waals surface area contributed by atoms with Gasteiger partial charge in [0.2, 0.25) is 5.91 Å². The van der Waals surface area contributed by atoms with Crippen molar-refractivity contribution >= 4 is 23.2 Å². The first-order chi connectivity index (χ1) is 21.1. The van der Waals surface area contributed by atoms with Gasteiger partial charge in [0.25, 0.3) is 5.91 Å². The minimum absolute atomic E-state index is 0.109. The number of rotatable bonds is 13. The molecule has 1 aliphatic rings. The molecule has 0 unspecified atom stereocenters. The molecule has 4 rings (SSSR count). The number of anilines is 2. The summed E-state index contributed by atoms with van der Waals surface area (Å²) in [7, 11) is 7.88. The highest BCUT2D eigenvalue weighted by atomic mass is 16.5. The Morgan fingerprint density at radius 2 is 1.43 bits per heavy atom. The third-order valence-corrected chi connectivity index (χ3v) is 8.12. The molecule has 44 heavy (non-hydrogen) atoms. The molecule has 0 aromatic heterocycles. The predicted molar refractivity (Wildman–Crippen MR) is 178 cm³/mol. The summed E-state index contributed by atoms with van der Waals surface area (Å²) in [6, 6.07) is 19.6. The Labute approximate surface area is 263 Å². The van der Waals surface area contributed by atoms with Crippen LogP contribution < -0.4 is 19.3 Å². The van der Waals surface area contributed by atoms with Crippen LogP contribution in [0.25, 0.3) is 0 Å². The summed E-state index contributed by atoms with van der Waals surface area (Å²) >= 11 is 0. The molecule has 0 N–H and O–H groups in total. The first kappa shape index (κ1) is 32.9. The summed E-state index contributed by atoms with van der Waals surface area (Å²) in [6.45, 7) is 8.57. The van der Waals surface area contributed by atoms with E-state index in [2.05, 4.69) is 24.9 Å². The molecule has 1 saturated heterocycles. The Hall–Kier alpha value is -4.04. The SMILES string of the molecule is Cc1ccc(N(C)C(=O)c2ccc(COc3ccc(C)cc3N(C)C)cc2)c(OCCCCCC(=O)N2CCN(C)CC2)c1. The van der Waals surface area contributed by atoms with Crippen molar-refractivity contribution in [2.24, 2.45) is 0 Å². The third kappa shape index (κ3) is 8.99. The lowest BCUT2D eigenvalue weighted by Gasteiger charge is -2.32. The van der Waals surface area contributed by atoms with Crippen LogP contribution in [-0.4, -0.2) is 82.6 Å². The minimum Gasteiger partial charge on any atom is -0.491 e. The van der Waals surface area contributed by atoms with Gasteiger partial charge in [0.15, 0.2) is 0 Å². The van der Waals surface area contributed by atoms with Crippen molar-refractivity contribution in [2.75, 3.05) is 70.8 Å². The number of aryl methyl sites for hydroxylation is 2. The number of nitrogens with zero attached hydrogens (tertiary/aromatic N) is 4. The van der Waals surface area contributed by atoms with Crippen LogP contribution in [0, 0.1) is 13.8 Å². The number of benzene rings is 3. The number of hydrogen-bond donors (Lipinski definition) is 0. The van der Waals surface area contributed by atoms with Crippen molar-refractivity contribution in [3.8, 4) is 11.5 Å². The molecular formula is C36H48N4O4. The number of carbonyl (C=O) groups excluding carboxylic acids is 2. The van der Waals surface area contributed by atoms with Gasteiger partial charge < -0.3 is 29.1 Å². The molecule has 0 aliphatic carbocycles. The predicted octanol–water partition coefficient (Wildman–Crippen LogP) is 5.94. The second-order valence-corrected chi connectivity index (χ2v) is 12.0. The second kappa shape index (κ2) is 15.6. The summed E-state index contributed by atoms with van der Waals surface area (Å²) in [6.07, 6.45) is 3.22. The van der Waals surface area contributed by atoms with Gasteiger partial charge in [-0.25, -0.2) is 0 Å². The Balaban J connectivity index is 1.28. The molecule has 2 amide bonds. The van der Waals surface area contributed by atoms with E-state index in [1.54, 1.807) is 11.9 Å². The smallest absolute Gasteiger partial charge is 0.258 e. The van der Waals surface area contributed by atoms with Gasteiger partial charge in [0, 0.05) is 59.3 Å². The maximum atomic E-state index is 13.4. The molecule has 0 bridgehead atoms. The first-order valence-electron chi connectivity index (χ1n) is 15.6. The average molecular weight is 601 g/mol. The second-order valence-electron chi connectivity index (χ2n) is 12.0. The maximum absolute atomic E-state index is 13.4. The lowest BCUT2D eigenvalue weighted by atomic mass is 10.1. The number of hydrogen-bond acceptors (Lipinski definition) is 6. The Morgan fingerprint density at radius 3 is 2.14 bits per heavy atom. The van der Waals surface area contributed by atoms with Crippen molar-refractivity contribution in [2.45, 2.75) is 46.1 Å². The van der Waals surface area contributed by atoms with Crippen LogP contribution in [0.4, 0.5) is 11.4 Å². The van der Waals surface area contributed by atoms with Gasteiger partial charge in [-0.1, -0.05) is 24.3 Å². The van der Waals surface area contributed by atoms with Gasteiger partial charge in [-0.2, -0.15) is 0 Å². The van der Waals surface area contributed by atoms with Crippen LogP contribution in [0.1, 0.15) is 52.7 Å². The van der Waals surface area contributed by atoms with E-state index < -0.39 is 0 Å². The molecule has 1 aliphatic heterocycles. The van der Waals surface area contributed by atoms with E-state index in [0.29, 0.717) is 30.9 Å². The Morgan fingerprint density at radius 1 is 0.750 bits per heavy atom. The van der Waals surface area contributed by atoms with Crippen LogP contribution in [0.15, 0.2) is 60.7 Å². The van der Waals surface area contributed by atoms with Crippen molar-refractivity contribution in [3.05, 3.63) is 82.9 Å². The van der Waals surface area contributed by atoms with Gasteiger partial charge in [-0.3, -0.25) is 9.59 Å². The highest BCUT2D eigenvalue weighted by molar-refractivity contribution is 6.06. The number of unbranched alkanes of at least 4 members (excludes halogenated alkanes) is 2. The molecule has 0 spiro atoms. The zero-order valence-corrected chi connectivity index (χ0v) is 27.3. The molecule has 1 heterocycles. The summed E-state index contributed by atoms with van der Waals surface area (Å²) in [5.41, 5.74) is 5.59. The number of ether oxygens (including phenoxy) is 2. The molecule has 0 saturated carbocycles. The molecular weight excluding hydrogens is 552 g/mol.